The maximum atomic E-state index is 12.1. The second-order valence-corrected chi connectivity index (χ2v) is 6.44. The molecule has 0 heterocycles. The first-order chi connectivity index (χ1) is 9.40. The van der Waals surface area contributed by atoms with Gasteiger partial charge in [0.05, 0.1) is 11.0 Å². The quantitative estimate of drug-likeness (QED) is 0.760. The van der Waals surface area contributed by atoms with Crippen molar-refractivity contribution in [2.75, 3.05) is 26.2 Å². The second-order valence-electron chi connectivity index (χ2n) is 4.67. The first kappa shape index (κ1) is 17.1. The van der Waals surface area contributed by atoms with E-state index in [2.05, 4.69) is 9.62 Å². The third kappa shape index (κ3) is 4.86. The van der Waals surface area contributed by atoms with Crippen molar-refractivity contribution in [3.63, 3.8) is 0 Å². The molecule has 0 aliphatic rings. The minimum atomic E-state index is -3.47. The summed E-state index contributed by atoms with van der Waals surface area (Å²) in [7, 11) is -3.47. The molecule has 1 atom stereocenters. The molecule has 2 N–H and O–H groups in total. The molecule has 0 spiro atoms. The number of sulfonamides is 1. The Morgan fingerprint density at radius 2 is 1.75 bits per heavy atom. The minimum absolute atomic E-state index is 0.224. The molecule has 0 bridgehead atoms. The fourth-order valence-electron chi connectivity index (χ4n) is 1.89. The van der Waals surface area contributed by atoms with Gasteiger partial charge in [0.15, 0.2) is 0 Å². The Labute approximate surface area is 121 Å². The zero-order valence-electron chi connectivity index (χ0n) is 12.3. The summed E-state index contributed by atoms with van der Waals surface area (Å²) in [4.78, 5) is 2.38. The normalized spacial score (nSPS) is 13.7. The van der Waals surface area contributed by atoms with Gasteiger partial charge in [0, 0.05) is 13.1 Å². The molecular formula is C14H24N2O3S. The average Bonchev–Trinajstić information content (AvgIpc) is 2.43. The number of nitrogens with one attached hydrogen (secondary N) is 1. The zero-order valence-corrected chi connectivity index (χ0v) is 13.2. The Morgan fingerprint density at radius 1 is 1.20 bits per heavy atom. The average molecular weight is 300 g/mol. The number of hydrogen-bond donors (Lipinski definition) is 2. The third-order valence-corrected chi connectivity index (χ3v) is 4.76. The Hall–Kier alpha value is -0.950. The number of rotatable bonds is 8. The summed E-state index contributed by atoms with van der Waals surface area (Å²) in [6.45, 7) is 8.63. The number of likely N-dealkylation sites (N-methyl/N-ethyl adjacent to an activating group) is 1. The van der Waals surface area contributed by atoms with E-state index in [1.165, 1.54) is 12.1 Å². The van der Waals surface area contributed by atoms with E-state index in [-0.39, 0.29) is 4.90 Å². The Kier molecular flexibility index (Phi) is 6.61. The number of nitrogens with zero attached hydrogens (tertiary/aromatic N) is 1. The summed E-state index contributed by atoms with van der Waals surface area (Å²) in [5.74, 6) is 0. The van der Waals surface area contributed by atoms with Gasteiger partial charge in [-0.2, -0.15) is 0 Å². The van der Waals surface area contributed by atoms with Crippen LogP contribution in [0.4, 0.5) is 0 Å². The van der Waals surface area contributed by atoms with Gasteiger partial charge in [-0.15, -0.1) is 0 Å². The minimum Gasteiger partial charge on any atom is -0.389 e. The summed E-state index contributed by atoms with van der Waals surface area (Å²) in [6.07, 6.45) is -0.595. The molecular weight excluding hydrogens is 276 g/mol. The molecule has 1 rings (SSSR count). The van der Waals surface area contributed by atoms with Gasteiger partial charge in [-0.1, -0.05) is 26.0 Å². The van der Waals surface area contributed by atoms with E-state index in [4.69, 9.17) is 0 Å². The number of benzene rings is 1. The zero-order chi connectivity index (χ0) is 15.2. The van der Waals surface area contributed by atoms with E-state index < -0.39 is 16.1 Å². The van der Waals surface area contributed by atoms with Gasteiger partial charge in [-0.3, -0.25) is 0 Å². The van der Waals surface area contributed by atoms with E-state index in [0.717, 1.165) is 13.1 Å². The van der Waals surface area contributed by atoms with Crippen LogP contribution in [0.1, 0.15) is 32.4 Å². The van der Waals surface area contributed by atoms with Crippen LogP contribution >= 0.6 is 0 Å². The molecule has 0 radical (unpaired) electrons. The molecule has 0 saturated heterocycles. The molecule has 0 aromatic heterocycles. The maximum Gasteiger partial charge on any atom is 0.240 e. The number of aliphatic hydroxyl groups excluding tert-OH is 1. The number of aliphatic hydroxyl groups is 1. The van der Waals surface area contributed by atoms with Gasteiger partial charge in [-0.25, -0.2) is 13.1 Å². The van der Waals surface area contributed by atoms with Crippen molar-refractivity contribution >= 4 is 10.0 Å². The van der Waals surface area contributed by atoms with Gasteiger partial charge in [-0.05, 0) is 37.7 Å². The lowest BCUT2D eigenvalue weighted by Gasteiger charge is -2.18. The summed E-state index contributed by atoms with van der Waals surface area (Å²) in [5.41, 5.74) is 0.701. The molecule has 114 valence electrons. The van der Waals surface area contributed by atoms with Crippen LogP contribution in [0.5, 0.6) is 0 Å². The first-order valence-corrected chi connectivity index (χ1v) is 8.39. The van der Waals surface area contributed by atoms with Crippen LogP contribution in [0, 0.1) is 0 Å². The van der Waals surface area contributed by atoms with Gasteiger partial charge < -0.3 is 10.0 Å². The molecule has 0 aliphatic carbocycles. The van der Waals surface area contributed by atoms with E-state index in [1.54, 1.807) is 19.1 Å². The standard InChI is InChI=1S/C14H24N2O3S/c1-4-16(5-2)11-10-15-20(18,19)14-8-6-13(7-9-14)12(3)17/h6-9,12,15,17H,4-5,10-11H2,1-3H3. The molecule has 20 heavy (non-hydrogen) atoms. The van der Waals surface area contributed by atoms with Crippen LogP contribution in [0.2, 0.25) is 0 Å². The topological polar surface area (TPSA) is 69.6 Å². The maximum absolute atomic E-state index is 12.1. The van der Waals surface area contributed by atoms with Crippen LogP contribution in [0.3, 0.4) is 0 Å². The lowest BCUT2D eigenvalue weighted by Crippen LogP contribution is -2.34. The van der Waals surface area contributed by atoms with E-state index in [0.29, 0.717) is 18.7 Å². The highest BCUT2D eigenvalue weighted by atomic mass is 32.2. The Balaban J connectivity index is 2.64. The van der Waals surface area contributed by atoms with Gasteiger partial charge in [0.2, 0.25) is 10.0 Å². The van der Waals surface area contributed by atoms with Crippen LogP contribution < -0.4 is 4.72 Å². The van der Waals surface area contributed by atoms with Crippen molar-refractivity contribution < 1.29 is 13.5 Å². The molecule has 5 nitrogen and oxygen atoms in total. The van der Waals surface area contributed by atoms with Gasteiger partial charge >= 0.3 is 0 Å². The van der Waals surface area contributed by atoms with E-state index >= 15 is 0 Å². The fraction of sp³-hybridized carbons (Fsp3) is 0.571. The molecule has 0 fully saturated rings. The lowest BCUT2D eigenvalue weighted by atomic mass is 10.1. The molecule has 1 aromatic carbocycles. The predicted molar refractivity (Wildman–Crippen MR) is 80.1 cm³/mol. The molecule has 0 amide bonds. The lowest BCUT2D eigenvalue weighted by molar-refractivity contribution is 0.199. The van der Waals surface area contributed by atoms with Crippen molar-refractivity contribution in [2.24, 2.45) is 0 Å². The van der Waals surface area contributed by atoms with Crippen molar-refractivity contribution in [3.8, 4) is 0 Å². The van der Waals surface area contributed by atoms with Crippen LogP contribution in [0.15, 0.2) is 29.2 Å². The highest BCUT2D eigenvalue weighted by molar-refractivity contribution is 7.89. The Bertz CT molecular complexity index is 494. The van der Waals surface area contributed by atoms with Crippen LogP contribution in [-0.2, 0) is 10.0 Å². The van der Waals surface area contributed by atoms with Crippen molar-refractivity contribution in [3.05, 3.63) is 29.8 Å². The highest BCUT2D eigenvalue weighted by Crippen LogP contribution is 2.15. The Morgan fingerprint density at radius 3 is 2.20 bits per heavy atom. The van der Waals surface area contributed by atoms with Crippen molar-refractivity contribution in [1.29, 1.82) is 0 Å². The second kappa shape index (κ2) is 7.73. The van der Waals surface area contributed by atoms with Crippen LogP contribution in [0.25, 0.3) is 0 Å². The monoisotopic (exact) mass is 300 g/mol. The van der Waals surface area contributed by atoms with Crippen molar-refractivity contribution in [2.45, 2.75) is 31.8 Å². The number of hydrogen-bond acceptors (Lipinski definition) is 4. The summed E-state index contributed by atoms with van der Waals surface area (Å²) < 4.78 is 26.7. The molecule has 6 heteroatoms. The highest BCUT2D eigenvalue weighted by Gasteiger charge is 2.14. The summed E-state index contributed by atoms with van der Waals surface area (Å²) in [5, 5.41) is 9.40. The fourth-order valence-corrected chi connectivity index (χ4v) is 2.91. The SMILES string of the molecule is CCN(CC)CCNS(=O)(=O)c1ccc(C(C)O)cc1. The summed E-state index contributed by atoms with van der Waals surface area (Å²) >= 11 is 0. The molecule has 0 saturated carbocycles. The van der Waals surface area contributed by atoms with Gasteiger partial charge in [0.1, 0.15) is 0 Å². The smallest absolute Gasteiger partial charge is 0.240 e. The van der Waals surface area contributed by atoms with Gasteiger partial charge in [0.25, 0.3) is 0 Å². The molecule has 0 aliphatic heterocycles. The third-order valence-electron chi connectivity index (χ3n) is 3.29. The van der Waals surface area contributed by atoms with E-state index in [9.17, 15) is 13.5 Å². The molecule has 1 aromatic rings. The molecule has 1 unspecified atom stereocenters. The first-order valence-electron chi connectivity index (χ1n) is 6.90. The summed E-state index contributed by atoms with van der Waals surface area (Å²) in [6, 6.07) is 6.29. The van der Waals surface area contributed by atoms with Crippen molar-refractivity contribution in [1.82, 2.24) is 9.62 Å². The van der Waals surface area contributed by atoms with Crippen LogP contribution in [-0.4, -0.2) is 44.6 Å². The largest absolute Gasteiger partial charge is 0.389 e. The van der Waals surface area contributed by atoms with E-state index in [1.807, 2.05) is 13.8 Å². The predicted octanol–water partition coefficient (Wildman–Crippen LogP) is 1.36.